The van der Waals surface area contributed by atoms with Gasteiger partial charge in [-0.2, -0.15) is 0 Å². The average Bonchev–Trinajstić information content (AvgIpc) is 2.34. The quantitative estimate of drug-likeness (QED) is 0.575. The Labute approximate surface area is 65.7 Å². The lowest BCUT2D eigenvalue weighted by Crippen LogP contribution is -2.31. The maximum Gasteiger partial charge on any atom is 0.248 e. The van der Waals surface area contributed by atoms with E-state index in [-0.39, 0.29) is 18.4 Å². The molecule has 0 aromatic heterocycles. The summed E-state index contributed by atoms with van der Waals surface area (Å²) >= 11 is 0. The standard InChI is InChI=1S/C7H13NO3/c1-5(2)7(10)8-3-6(9)4-11-8/h5-6,9H,3-4H2,1-2H3/t6-/m1/s1. The summed E-state index contributed by atoms with van der Waals surface area (Å²) in [6, 6.07) is 0. The zero-order valence-electron chi connectivity index (χ0n) is 6.78. The van der Waals surface area contributed by atoms with Gasteiger partial charge in [-0.1, -0.05) is 13.8 Å². The smallest absolute Gasteiger partial charge is 0.248 e. The number of amides is 1. The van der Waals surface area contributed by atoms with E-state index in [1.54, 1.807) is 13.8 Å². The van der Waals surface area contributed by atoms with E-state index < -0.39 is 6.10 Å². The van der Waals surface area contributed by atoms with E-state index in [2.05, 4.69) is 0 Å². The van der Waals surface area contributed by atoms with Crippen LogP contribution >= 0.6 is 0 Å². The zero-order valence-corrected chi connectivity index (χ0v) is 6.78. The van der Waals surface area contributed by atoms with Crippen LogP contribution in [0.25, 0.3) is 0 Å². The van der Waals surface area contributed by atoms with Gasteiger partial charge in [-0.25, -0.2) is 5.06 Å². The van der Waals surface area contributed by atoms with Crippen molar-refractivity contribution in [3.63, 3.8) is 0 Å². The molecule has 1 amide bonds. The minimum Gasteiger partial charge on any atom is -0.389 e. The molecule has 0 aromatic carbocycles. The van der Waals surface area contributed by atoms with Gasteiger partial charge >= 0.3 is 0 Å². The van der Waals surface area contributed by atoms with Crippen LogP contribution < -0.4 is 0 Å². The first-order chi connectivity index (χ1) is 5.11. The second-order valence-electron chi connectivity index (χ2n) is 3.00. The third-order valence-corrected chi connectivity index (χ3v) is 1.54. The highest BCUT2D eigenvalue weighted by Crippen LogP contribution is 2.09. The van der Waals surface area contributed by atoms with Gasteiger partial charge in [-0.05, 0) is 0 Å². The molecule has 1 N–H and O–H groups in total. The molecule has 1 rings (SSSR count). The second kappa shape index (κ2) is 3.19. The van der Waals surface area contributed by atoms with Crippen LogP contribution in [0.2, 0.25) is 0 Å². The van der Waals surface area contributed by atoms with Crippen molar-refractivity contribution in [2.45, 2.75) is 20.0 Å². The van der Waals surface area contributed by atoms with E-state index in [9.17, 15) is 4.79 Å². The van der Waals surface area contributed by atoms with Crippen molar-refractivity contribution < 1.29 is 14.7 Å². The van der Waals surface area contributed by atoms with Gasteiger partial charge in [-0.15, -0.1) is 0 Å². The SMILES string of the molecule is CC(C)C(=O)N1C[C@@H](O)CO1. The highest BCUT2D eigenvalue weighted by molar-refractivity contribution is 5.77. The van der Waals surface area contributed by atoms with Crippen molar-refractivity contribution in [2.75, 3.05) is 13.2 Å². The molecule has 4 nitrogen and oxygen atoms in total. The number of aliphatic hydroxyl groups is 1. The van der Waals surface area contributed by atoms with Gasteiger partial charge in [0.05, 0.1) is 12.6 Å². The molecular formula is C7H13NO3. The number of β-amino-alcohol motifs (C(OH)–C–C–N with tert-alkyl or cyclic N) is 1. The molecule has 0 saturated carbocycles. The Kier molecular flexibility index (Phi) is 2.46. The third kappa shape index (κ3) is 1.91. The van der Waals surface area contributed by atoms with Crippen LogP contribution in [-0.2, 0) is 9.63 Å². The summed E-state index contributed by atoms with van der Waals surface area (Å²) in [6.07, 6.45) is -0.516. The van der Waals surface area contributed by atoms with Gasteiger partial charge in [0.15, 0.2) is 0 Å². The van der Waals surface area contributed by atoms with Crippen LogP contribution in [-0.4, -0.2) is 35.3 Å². The second-order valence-corrected chi connectivity index (χ2v) is 3.00. The summed E-state index contributed by atoms with van der Waals surface area (Å²) in [5.74, 6) is -0.137. The van der Waals surface area contributed by atoms with E-state index in [4.69, 9.17) is 9.94 Å². The summed E-state index contributed by atoms with van der Waals surface area (Å²) in [5.41, 5.74) is 0. The molecule has 1 fully saturated rings. The van der Waals surface area contributed by atoms with Gasteiger partial charge in [0.1, 0.15) is 6.61 Å². The van der Waals surface area contributed by atoms with Crippen molar-refractivity contribution in [3.8, 4) is 0 Å². The lowest BCUT2D eigenvalue weighted by molar-refractivity contribution is -0.172. The normalized spacial score (nSPS) is 24.7. The third-order valence-electron chi connectivity index (χ3n) is 1.54. The summed E-state index contributed by atoms with van der Waals surface area (Å²) in [5, 5.41) is 10.2. The van der Waals surface area contributed by atoms with Crippen LogP contribution in [0.3, 0.4) is 0 Å². The van der Waals surface area contributed by atoms with Crippen LogP contribution in [0.1, 0.15) is 13.8 Å². The molecule has 4 heteroatoms. The number of hydroxylamine groups is 2. The molecule has 0 aliphatic carbocycles. The molecule has 64 valence electrons. The highest BCUT2D eigenvalue weighted by atomic mass is 16.7. The Morgan fingerprint density at radius 2 is 2.36 bits per heavy atom. The van der Waals surface area contributed by atoms with E-state index >= 15 is 0 Å². The van der Waals surface area contributed by atoms with Crippen molar-refractivity contribution in [2.24, 2.45) is 5.92 Å². The minimum absolute atomic E-state index is 0.0680. The first kappa shape index (κ1) is 8.49. The van der Waals surface area contributed by atoms with Crippen LogP contribution in [0.4, 0.5) is 0 Å². The highest BCUT2D eigenvalue weighted by Gasteiger charge is 2.27. The number of rotatable bonds is 1. The van der Waals surface area contributed by atoms with E-state index in [1.165, 1.54) is 5.06 Å². The summed E-state index contributed by atoms with van der Waals surface area (Å²) in [4.78, 5) is 16.1. The number of hydrogen-bond donors (Lipinski definition) is 1. The lowest BCUT2D eigenvalue weighted by atomic mass is 10.2. The van der Waals surface area contributed by atoms with Crippen molar-refractivity contribution in [1.82, 2.24) is 5.06 Å². The lowest BCUT2D eigenvalue weighted by Gasteiger charge is -2.15. The topological polar surface area (TPSA) is 49.8 Å². The Balaban J connectivity index is 2.43. The number of aliphatic hydroxyl groups excluding tert-OH is 1. The molecule has 0 bridgehead atoms. The van der Waals surface area contributed by atoms with E-state index in [1.807, 2.05) is 0 Å². The van der Waals surface area contributed by atoms with Gasteiger partial charge in [0.2, 0.25) is 5.91 Å². The van der Waals surface area contributed by atoms with Crippen LogP contribution in [0, 0.1) is 5.92 Å². The summed E-state index contributed by atoms with van der Waals surface area (Å²) in [7, 11) is 0. The first-order valence-corrected chi connectivity index (χ1v) is 3.73. The summed E-state index contributed by atoms with van der Waals surface area (Å²) in [6.45, 7) is 4.14. The fourth-order valence-corrected chi connectivity index (χ4v) is 0.914. The molecule has 11 heavy (non-hydrogen) atoms. The molecule has 1 atom stereocenters. The number of hydrogen-bond acceptors (Lipinski definition) is 3. The van der Waals surface area contributed by atoms with Gasteiger partial charge < -0.3 is 5.11 Å². The van der Waals surface area contributed by atoms with Crippen molar-refractivity contribution in [1.29, 1.82) is 0 Å². The molecule has 1 saturated heterocycles. The number of carbonyl (C=O) groups is 1. The monoisotopic (exact) mass is 159 g/mol. The fourth-order valence-electron chi connectivity index (χ4n) is 0.914. The van der Waals surface area contributed by atoms with Gasteiger partial charge in [0.25, 0.3) is 0 Å². The number of carbonyl (C=O) groups excluding carboxylic acids is 1. The maximum absolute atomic E-state index is 11.2. The number of nitrogens with zero attached hydrogens (tertiary/aromatic N) is 1. The minimum atomic E-state index is -0.516. The van der Waals surface area contributed by atoms with Crippen LogP contribution in [0.5, 0.6) is 0 Å². The zero-order chi connectivity index (χ0) is 8.43. The van der Waals surface area contributed by atoms with E-state index in [0.717, 1.165) is 0 Å². The van der Waals surface area contributed by atoms with Gasteiger partial charge in [-0.3, -0.25) is 9.63 Å². The molecule has 1 aliphatic rings. The molecular weight excluding hydrogens is 146 g/mol. The van der Waals surface area contributed by atoms with Gasteiger partial charge in [0, 0.05) is 5.92 Å². The molecule has 0 radical (unpaired) electrons. The largest absolute Gasteiger partial charge is 0.389 e. The van der Waals surface area contributed by atoms with E-state index in [0.29, 0.717) is 6.54 Å². The Morgan fingerprint density at radius 3 is 2.73 bits per heavy atom. The molecule has 0 spiro atoms. The van der Waals surface area contributed by atoms with Crippen LogP contribution in [0.15, 0.2) is 0 Å². The maximum atomic E-state index is 11.2. The van der Waals surface area contributed by atoms with Crippen molar-refractivity contribution >= 4 is 5.91 Å². The Bertz CT molecular complexity index is 158. The predicted octanol–water partition coefficient (Wildman–Crippen LogP) is -0.223. The first-order valence-electron chi connectivity index (χ1n) is 3.73. The Morgan fingerprint density at radius 1 is 1.73 bits per heavy atom. The fraction of sp³-hybridized carbons (Fsp3) is 0.857. The Hall–Kier alpha value is -0.610. The molecule has 0 unspecified atom stereocenters. The summed E-state index contributed by atoms with van der Waals surface area (Å²) < 4.78 is 0. The average molecular weight is 159 g/mol. The molecule has 0 aromatic rings. The predicted molar refractivity (Wildman–Crippen MR) is 38.5 cm³/mol. The molecule has 1 heterocycles. The molecule has 1 aliphatic heterocycles. The van der Waals surface area contributed by atoms with Crippen molar-refractivity contribution in [3.05, 3.63) is 0 Å².